The highest BCUT2D eigenvalue weighted by Gasteiger charge is 2.17. The summed E-state index contributed by atoms with van der Waals surface area (Å²) in [5.41, 5.74) is 0. The van der Waals surface area contributed by atoms with Gasteiger partial charge in [0.2, 0.25) is 0 Å². The van der Waals surface area contributed by atoms with Crippen molar-refractivity contribution in [2.45, 2.75) is 91.8 Å². The van der Waals surface area contributed by atoms with Gasteiger partial charge in [0.15, 0.2) is 85.4 Å². The Hall–Kier alpha value is 17.4. The van der Waals surface area contributed by atoms with E-state index in [1.54, 1.807) is 0 Å². The van der Waals surface area contributed by atoms with E-state index < -0.39 is 85.4 Å². The molecule has 83 heavy (non-hydrogen) atoms. The molecule has 0 aromatic rings. The van der Waals surface area contributed by atoms with Crippen molar-refractivity contribution in [3.8, 4) is 0 Å². The molecule has 61 heteroatoms. The Morgan fingerprint density at radius 1 is 0.145 bits per heavy atom. The minimum Gasteiger partial charge on any atom is -0.396 e. The van der Waals surface area contributed by atoms with Crippen LogP contribution in [-0.2, 0) is 0 Å². The van der Waals surface area contributed by atoms with Crippen molar-refractivity contribution < 1.29 is 5.11 Å². The van der Waals surface area contributed by atoms with E-state index in [1.807, 2.05) is 0 Å². The summed E-state index contributed by atoms with van der Waals surface area (Å²) in [4.78, 5) is 0. The number of rotatable bonds is 1. The predicted molar refractivity (Wildman–Crippen MR) is 438 cm³/mol. The maximum Gasteiger partial charge on any atom is 0.192 e. The Labute approximate surface area is 785 Å². The lowest BCUT2D eigenvalue weighted by Crippen LogP contribution is -2.03. The monoisotopic (exact) mass is 2400 g/mol. The SMILES string of the molecule is ClC(Cl)Cl.ClC(Cl)Cl.ClC(Cl)Cl.ClC(Cl)Cl.ClC(Cl)Cl.ClC(Cl)Cl.ClC(Cl)Cl.ClC(Cl)Cl.ClC(Cl)Cl.ClC(Cl)Cl.ClC(Cl)Cl.ClC(Cl)Cl.ClC(Cl)Cl.ClC(Cl)Cl.ClC(Cl)Cl.ClC(Cl)Cl.ClC(Cl)Cl.ClC(Cl)Cl.ClC(Cl)Cl.OCCC(Cl)(Cl)Cl. The third kappa shape index (κ3) is 2060. The number of hydrogen-bond acceptors (Lipinski definition) is 1. The molecule has 0 saturated heterocycles. The van der Waals surface area contributed by atoms with Crippen LogP contribution in [0.25, 0.3) is 0 Å². The van der Waals surface area contributed by atoms with Crippen molar-refractivity contribution in [2.24, 2.45) is 0 Å². The third-order valence-electron chi connectivity index (χ3n) is 0.395. The predicted octanol–water partition coefficient (Wildman–Crippen LogP) is 39.5. The fourth-order valence-electron chi connectivity index (χ4n) is 0.127. The van der Waals surface area contributed by atoms with E-state index in [4.69, 9.17) is 701 Å². The van der Waals surface area contributed by atoms with E-state index in [0.717, 1.165) is 0 Å². The minimum atomic E-state index is -1.28. The van der Waals surface area contributed by atoms with Crippen molar-refractivity contribution in [2.75, 3.05) is 6.61 Å². The molecule has 0 aliphatic heterocycles. The molecule has 538 valence electrons. The van der Waals surface area contributed by atoms with Crippen molar-refractivity contribution in [1.29, 1.82) is 0 Å². The molecule has 1 N–H and O–H groups in total. The lowest BCUT2D eigenvalue weighted by molar-refractivity contribution is 0.290. The first-order valence-electron chi connectivity index (χ1n) is 14.2. The van der Waals surface area contributed by atoms with E-state index in [1.165, 1.54) is 0 Å². The van der Waals surface area contributed by atoms with Crippen LogP contribution >= 0.6 is 696 Å². The largest absolute Gasteiger partial charge is 0.396 e. The zero-order valence-corrected chi connectivity index (χ0v) is 81.4. The molecule has 0 saturated carbocycles. The molecular weight excluding hydrogens is 2410 g/mol. The summed E-state index contributed by atoms with van der Waals surface area (Å²) in [5, 5.41) is 8.15. The molecule has 0 aliphatic rings. The van der Waals surface area contributed by atoms with Crippen molar-refractivity contribution in [3.05, 3.63) is 0 Å². The van der Waals surface area contributed by atoms with Crippen LogP contribution in [0.3, 0.4) is 0 Å². The molecule has 0 aromatic carbocycles. The minimum absolute atomic E-state index is 0.0868. The van der Waals surface area contributed by atoms with E-state index >= 15 is 0 Å². The lowest BCUT2D eigenvalue weighted by atomic mass is 10.5. The van der Waals surface area contributed by atoms with Crippen molar-refractivity contribution >= 4 is 696 Å². The molecule has 0 aromatic heterocycles. The fourth-order valence-corrected chi connectivity index (χ4v) is 0.380. The zero-order valence-electron chi connectivity index (χ0n) is 36.0. The summed E-state index contributed by atoms with van der Waals surface area (Å²) in [6.45, 7) is -0.0868. The maximum atomic E-state index is 8.15. The Morgan fingerprint density at radius 2 is 0.181 bits per heavy atom. The number of halogens is 60. The van der Waals surface area contributed by atoms with Crippen molar-refractivity contribution in [1.82, 2.24) is 0 Å². The van der Waals surface area contributed by atoms with Gasteiger partial charge in [0.1, 0.15) is 0 Å². The van der Waals surface area contributed by atoms with Crippen LogP contribution in [0.15, 0.2) is 0 Å². The van der Waals surface area contributed by atoms with Crippen molar-refractivity contribution in [3.63, 3.8) is 0 Å². The van der Waals surface area contributed by atoms with E-state index in [9.17, 15) is 0 Å². The van der Waals surface area contributed by atoms with Gasteiger partial charge in [-0.05, 0) is 0 Å². The summed E-state index contributed by atoms with van der Waals surface area (Å²) in [7, 11) is 0. The van der Waals surface area contributed by atoms with Crippen LogP contribution in [0.4, 0.5) is 0 Å². The molecule has 0 atom stereocenters. The number of aliphatic hydroxyl groups is 1. The van der Waals surface area contributed by atoms with E-state index in [2.05, 4.69) is 0 Å². The van der Waals surface area contributed by atoms with E-state index in [0.29, 0.717) is 0 Å². The van der Waals surface area contributed by atoms with Crippen LogP contribution in [0.5, 0.6) is 0 Å². The van der Waals surface area contributed by atoms with Gasteiger partial charge >= 0.3 is 0 Å². The molecule has 0 bridgehead atoms. The summed E-state index contributed by atoms with van der Waals surface area (Å²) in [5.74, 6) is 0. The van der Waals surface area contributed by atoms with Crippen LogP contribution < -0.4 is 0 Å². The van der Waals surface area contributed by atoms with Gasteiger partial charge in [0, 0.05) is 13.0 Å². The lowest BCUT2D eigenvalue weighted by Gasteiger charge is -2.05. The van der Waals surface area contributed by atoms with Crippen LogP contribution in [0.1, 0.15) is 6.42 Å². The first kappa shape index (κ1) is 153. The highest BCUT2D eigenvalue weighted by Crippen LogP contribution is 2.29. The Morgan fingerprint density at radius 3 is 0.181 bits per heavy atom. The molecule has 0 aliphatic carbocycles. The van der Waals surface area contributed by atoms with Gasteiger partial charge in [0.25, 0.3) is 0 Å². The second kappa shape index (κ2) is 142. The van der Waals surface area contributed by atoms with Gasteiger partial charge in [-0.1, -0.05) is 696 Å². The molecule has 0 fully saturated rings. The first-order chi connectivity index (χ1) is 36.0. The molecule has 0 rings (SSSR count). The number of aliphatic hydroxyl groups excluding tert-OH is 1. The topological polar surface area (TPSA) is 20.2 Å². The molecular formula is C22H24Cl60O. The molecule has 0 heterocycles. The fraction of sp³-hybridized carbons (Fsp3) is 1.00. The van der Waals surface area contributed by atoms with E-state index in [-0.39, 0.29) is 13.0 Å². The molecule has 1 nitrogen and oxygen atoms in total. The van der Waals surface area contributed by atoms with Crippen LogP contribution in [0, 0.1) is 0 Å². The Kier molecular flexibility index (Phi) is 262. The van der Waals surface area contributed by atoms with Gasteiger partial charge in [-0.25, -0.2) is 0 Å². The Bertz CT molecular complexity index is 518. The third-order valence-corrected chi connectivity index (χ3v) is 0.962. The maximum absolute atomic E-state index is 8.15. The molecule has 0 radical (unpaired) electrons. The van der Waals surface area contributed by atoms with Gasteiger partial charge < -0.3 is 5.11 Å². The van der Waals surface area contributed by atoms with Gasteiger partial charge in [0.05, 0.1) is 0 Å². The molecule has 0 spiro atoms. The summed E-state index contributed by atoms with van der Waals surface area (Å²) >= 11 is 290. The van der Waals surface area contributed by atoms with Crippen LogP contribution in [0.2, 0.25) is 0 Å². The average molecular weight is 2430 g/mol. The molecule has 0 amide bonds. The normalized spacial score (nSPS) is 9.25. The summed E-state index contributed by atoms with van der Waals surface area (Å²) in [6.07, 6.45) is 0.192. The molecule has 0 unspecified atom stereocenters. The standard InChI is InChI=1S/C3H5Cl3O.19CHCl3/c4-3(5,6)1-2-7;19*2-1(3)4/h7H,1-2H2;19*1H. The second-order valence-electron chi connectivity index (χ2n) is 5.79. The summed E-state index contributed by atoms with van der Waals surface area (Å²) in [6, 6.07) is 0. The smallest absolute Gasteiger partial charge is 0.192 e. The van der Waals surface area contributed by atoms with Gasteiger partial charge in [-0.15, -0.1) is 0 Å². The average Bonchev–Trinajstić information content (AvgIpc) is 3.03. The quantitative estimate of drug-likeness (QED) is 0.260. The Balaban J connectivity index is -0.0000000280. The van der Waals surface area contributed by atoms with Gasteiger partial charge in [-0.2, -0.15) is 0 Å². The van der Waals surface area contributed by atoms with Gasteiger partial charge in [-0.3, -0.25) is 0 Å². The first-order valence-corrected chi connectivity index (χ1v) is 40.2. The highest BCUT2D eigenvalue weighted by atomic mass is 35.6. The summed E-state index contributed by atoms with van der Waals surface area (Å²) < 4.78 is -15.5. The number of alkyl halides is 60. The zero-order chi connectivity index (χ0) is 73.9. The van der Waals surface area contributed by atoms with Crippen LogP contribution in [-0.4, -0.2) is 97.1 Å². The number of hydrogen-bond donors (Lipinski definition) is 1. The highest BCUT2D eigenvalue weighted by molar-refractivity contribution is 6.71. The second-order valence-corrected chi connectivity index (χ2v) is 45.9.